The number of ether oxygens (including phenoxy) is 1. The van der Waals surface area contributed by atoms with Crippen LogP contribution in [-0.4, -0.2) is 36.2 Å². The lowest BCUT2D eigenvalue weighted by atomic mass is 9.93. The van der Waals surface area contributed by atoms with Crippen LogP contribution in [0.2, 0.25) is 0 Å². The Morgan fingerprint density at radius 2 is 2.00 bits per heavy atom. The second kappa shape index (κ2) is 7.94. The number of hydrogen-bond acceptors (Lipinski definition) is 3. The number of amides is 1. The Bertz CT molecular complexity index is 506. The van der Waals surface area contributed by atoms with Crippen LogP contribution < -0.4 is 5.32 Å². The molecule has 5 heteroatoms. The Morgan fingerprint density at radius 1 is 1.32 bits per heavy atom. The van der Waals surface area contributed by atoms with Crippen molar-refractivity contribution in [3.05, 3.63) is 35.4 Å². The molecular weight excluding hydrogens is 282 g/mol. The molecule has 0 bridgehead atoms. The van der Waals surface area contributed by atoms with Crippen molar-refractivity contribution in [2.75, 3.05) is 13.2 Å². The third-order valence-corrected chi connectivity index (χ3v) is 4.05. The van der Waals surface area contributed by atoms with Gasteiger partial charge in [0.25, 0.3) is 0 Å². The number of benzene rings is 1. The summed E-state index contributed by atoms with van der Waals surface area (Å²) in [6.07, 6.45) is 2.75. The van der Waals surface area contributed by atoms with Crippen molar-refractivity contribution < 1.29 is 19.4 Å². The Kier molecular flexibility index (Phi) is 5.95. The molecule has 5 nitrogen and oxygen atoms in total. The summed E-state index contributed by atoms with van der Waals surface area (Å²) in [5.74, 6) is -1.41. The minimum Gasteiger partial charge on any atom is -0.480 e. The van der Waals surface area contributed by atoms with Crippen molar-refractivity contribution in [1.29, 1.82) is 0 Å². The molecule has 1 aliphatic rings. The highest BCUT2D eigenvalue weighted by molar-refractivity contribution is 5.85. The van der Waals surface area contributed by atoms with E-state index in [1.54, 1.807) is 0 Å². The van der Waals surface area contributed by atoms with E-state index in [1.807, 2.05) is 24.3 Å². The number of carboxylic acid groups (broad SMARTS) is 1. The minimum absolute atomic E-state index is 0.155. The molecule has 1 aromatic rings. The van der Waals surface area contributed by atoms with Gasteiger partial charge in [0.05, 0.1) is 13.0 Å². The Morgan fingerprint density at radius 3 is 2.55 bits per heavy atom. The standard InChI is InChI=1S/C17H23NO4/c1-2-12-5-7-13(8-6-12)10-15(19)18-16(17(20)21)14-4-3-9-22-11-14/h5-8,14,16H,2-4,9-11H2,1H3,(H,18,19)(H,20,21). The fraction of sp³-hybridized carbons (Fsp3) is 0.529. The summed E-state index contributed by atoms with van der Waals surface area (Å²) in [6, 6.07) is 6.94. The van der Waals surface area contributed by atoms with E-state index in [0.717, 1.165) is 24.8 Å². The van der Waals surface area contributed by atoms with Crippen LogP contribution in [0.15, 0.2) is 24.3 Å². The van der Waals surface area contributed by atoms with Crippen LogP contribution in [0.3, 0.4) is 0 Å². The van der Waals surface area contributed by atoms with Crippen LogP contribution in [0.1, 0.15) is 30.9 Å². The number of hydrogen-bond donors (Lipinski definition) is 2. The van der Waals surface area contributed by atoms with E-state index < -0.39 is 12.0 Å². The van der Waals surface area contributed by atoms with Crippen molar-refractivity contribution in [2.24, 2.45) is 5.92 Å². The quantitative estimate of drug-likeness (QED) is 0.840. The highest BCUT2D eigenvalue weighted by Gasteiger charge is 2.31. The molecule has 1 saturated heterocycles. The third kappa shape index (κ3) is 4.56. The number of aliphatic carboxylic acids is 1. The summed E-state index contributed by atoms with van der Waals surface area (Å²) < 4.78 is 5.32. The number of carbonyl (C=O) groups excluding carboxylic acids is 1. The molecule has 2 N–H and O–H groups in total. The summed E-state index contributed by atoms with van der Waals surface area (Å²) in [5, 5.41) is 12.0. The fourth-order valence-corrected chi connectivity index (χ4v) is 2.71. The molecule has 0 aliphatic carbocycles. The van der Waals surface area contributed by atoms with E-state index >= 15 is 0 Å². The van der Waals surface area contributed by atoms with Crippen LogP contribution in [0, 0.1) is 5.92 Å². The maximum Gasteiger partial charge on any atom is 0.326 e. The van der Waals surface area contributed by atoms with Gasteiger partial charge in [0.1, 0.15) is 6.04 Å². The summed E-state index contributed by atoms with van der Waals surface area (Å²) >= 11 is 0. The van der Waals surface area contributed by atoms with Gasteiger partial charge in [-0.2, -0.15) is 0 Å². The van der Waals surface area contributed by atoms with Crippen LogP contribution in [0.5, 0.6) is 0 Å². The summed E-state index contributed by atoms with van der Waals surface area (Å²) in [7, 11) is 0. The molecule has 2 atom stereocenters. The van der Waals surface area contributed by atoms with Gasteiger partial charge in [0.15, 0.2) is 0 Å². The van der Waals surface area contributed by atoms with E-state index in [-0.39, 0.29) is 18.2 Å². The summed E-state index contributed by atoms with van der Waals surface area (Å²) in [6.45, 7) is 3.13. The van der Waals surface area contributed by atoms with Crippen LogP contribution in [0.25, 0.3) is 0 Å². The number of carboxylic acids is 1. The van der Waals surface area contributed by atoms with Gasteiger partial charge in [0.2, 0.25) is 5.91 Å². The third-order valence-electron chi connectivity index (χ3n) is 4.05. The lowest BCUT2D eigenvalue weighted by molar-refractivity contribution is -0.145. The van der Waals surface area contributed by atoms with Gasteiger partial charge in [-0.25, -0.2) is 4.79 Å². The zero-order chi connectivity index (χ0) is 15.9. The molecule has 0 aromatic heterocycles. The van der Waals surface area contributed by atoms with E-state index in [4.69, 9.17) is 4.74 Å². The average molecular weight is 305 g/mol. The molecule has 0 saturated carbocycles. The molecule has 22 heavy (non-hydrogen) atoms. The first-order valence-corrected chi connectivity index (χ1v) is 7.78. The van der Waals surface area contributed by atoms with E-state index in [9.17, 15) is 14.7 Å². The minimum atomic E-state index is -0.995. The molecule has 1 aliphatic heterocycles. The Hall–Kier alpha value is -1.88. The van der Waals surface area contributed by atoms with Gasteiger partial charge in [-0.3, -0.25) is 4.79 Å². The second-order valence-electron chi connectivity index (χ2n) is 5.71. The molecule has 1 aromatic carbocycles. The Labute approximate surface area is 130 Å². The largest absolute Gasteiger partial charge is 0.480 e. The second-order valence-corrected chi connectivity index (χ2v) is 5.71. The van der Waals surface area contributed by atoms with Crippen LogP contribution in [-0.2, 0) is 27.2 Å². The van der Waals surface area contributed by atoms with Crippen molar-refractivity contribution >= 4 is 11.9 Å². The van der Waals surface area contributed by atoms with E-state index in [1.165, 1.54) is 5.56 Å². The predicted octanol–water partition coefficient (Wildman–Crippen LogP) is 1.79. The molecule has 1 fully saturated rings. The molecule has 2 unspecified atom stereocenters. The van der Waals surface area contributed by atoms with Crippen molar-refractivity contribution in [3.63, 3.8) is 0 Å². The molecule has 0 radical (unpaired) electrons. The highest BCUT2D eigenvalue weighted by Crippen LogP contribution is 2.18. The summed E-state index contributed by atoms with van der Waals surface area (Å²) in [4.78, 5) is 23.5. The maximum absolute atomic E-state index is 12.1. The van der Waals surface area contributed by atoms with E-state index in [0.29, 0.717) is 13.2 Å². The topological polar surface area (TPSA) is 75.6 Å². The molecule has 1 amide bonds. The SMILES string of the molecule is CCc1ccc(CC(=O)NC(C(=O)O)C2CCCOC2)cc1. The normalized spacial score (nSPS) is 19.4. The maximum atomic E-state index is 12.1. The molecule has 120 valence electrons. The smallest absolute Gasteiger partial charge is 0.326 e. The first-order chi connectivity index (χ1) is 10.6. The molecular formula is C17H23NO4. The van der Waals surface area contributed by atoms with Gasteiger partial charge < -0.3 is 15.2 Å². The zero-order valence-corrected chi connectivity index (χ0v) is 12.9. The molecule has 2 rings (SSSR count). The highest BCUT2D eigenvalue weighted by atomic mass is 16.5. The lowest BCUT2D eigenvalue weighted by Crippen LogP contribution is -2.48. The number of rotatable bonds is 6. The zero-order valence-electron chi connectivity index (χ0n) is 12.9. The number of nitrogens with one attached hydrogen (secondary N) is 1. The van der Waals surface area contributed by atoms with Crippen molar-refractivity contribution in [2.45, 2.75) is 38.6 Å². The monoisotopic (exact) mass is 305 g/mol. The molecule has 1 heterocycles. The van der Waals surface area contributed by atoms with Gasteiger partial charge in [-0.1, -0.05) is 31.2 Å². The molecule has 0 spiro atoms. The van der Waals surface area contributed by atoms with E-state index in [2.05, 4.69) is 12.2 Å². The van der Waals surface area contributed by atoms with Gasteiger partial charge in [0, 0.05) is 12.5 Å². The van der Waals surface area contributed by atoms with Gasteiger partial charge in [-0.15, -0.1) is 0 Å². The first-order valence-electron chi connectivity index (χ1n) is 7.78. The van der Waals surface area contributed by atoms with Crippen molar-refractivity contribution in [1.82, 2.24) is 5.32 Å². The van der Waals surface area contributed by atoms with Crippen LogP contribution in [0.4, 0.5) is 0 Å². The lowest BCUT2D eigenvalue weighted by Gasteiger charge is -2.28. The summed E-state index contributed by atoms with van der Waals surface area (Å²) in [5.41, 5.74) is 2.10. The van der Waals surface area contributed by atoms with Crippen molar-refractivity contribution in [3.8, 4) is 0 Å². The average Bonchev–Trinajstić information content (AvgIpc) is 2.54. The van der Waals surface area contributed by atoms with Crippen LogP contribution >= 0.6 is 0 Å². The van der Waals surface area contributed by atoms with Gasteiger partial charge in [-0.05, 0) is 30.4 Å². The Balaban J connectivity index is 1.93. The first kappa shape index (κ1) is 16.5. The van der Waals surface area contributed by atoms with Gasteiger partial charge >= 0.3 is 5.97 Å². The predicted molar refractivity (Wildman–Crippen MR) is 82.6 cm³/mol. The number of aryl methyl sites for hydroxylation is 1. The number of carbonyl (C=O) groups is 2. The fourth-order valence-electron chi connectivity index (χ4n) is 2.71.